The van der Waals surface area contributed by atoms with Gasteiger partial charge in [0.15, 0.2) is 5.75 Å². The molecule has 5 heteroatoms. The highest BCUT2D eigenvalue weighted by atomic mass is 16.5. The Balaban J connectivity index is 1.79. The molecule has 1 fully saturated rings. The number of carbonyl (C=O) groups excluding carboxylic acids is 1. The monoisotopic (exact) mass is 361 g/mol. The van der Waals surface area contributed by atoms with E-state index < -0.39 is 5.91 Å². The predicted octanol–water partition coefficient (Wildman–Crippen LogP) is 3.48. The lowest BCUT2D eigenvalue weighted by molar-refractivity contribution is 0.0997. The number of rotatable bonds is 6. The number of pyridine rings is 1. The lowest BCUT2D eigenvalue weighted by atomic mass is 10.0. The minimum atomic E-state index is -0.498. The van der Waals surface area contributed by atoms with Crippen molar-refractivity contribution < 1.29 is 9.53 Å². The average Bonchev–Trinajstić information content (AvgIpc) is 3.21. The van der Waals surface area contributed by atoms with Crippen molar-refractivity contribution >= 4 is 16.8 Å². The molecule has 0 spiro atoms. The summed E-state index contributed by atoms with van der Waals surface area (Å²) >= 11 is 0. The molecule has 0 unspecified atom stereocenters. The number of amides is 1. The molecule has 0 bridgehead atoms. The summed E-state index contributed by atoms with van der Waals surface area (Å²) in [6.45, 7) is 3.54. The van der Waals surface area contributed by atoms with Gasteiger partial charge in [0.05, 0.1) is 11.1 Å². The van der Waals surface area contributed by atoms with Gasteiger partial charge in [-0.2, -0.15) is 0 Å². The summed E-state index contributed by atoms with van der Waals surface area (Å²) in [6, 6.07) is 17.3. The van der Waals surface area contributed by atoms with Gasteiger partial charge in [0.25, 0.3) is 5.91 Å². The highest BCUT2D eigenvalue weighted by Crippen LogP contribution is 2.36. The third kappa shape index (κ3) is 3.64. The maximum Gasteiger partial charge on any atom is 0.253 e. The van der Waals surface area contributed by atoms with Gasteiger partial charge in [-0.3, -0.25) is 9.69 Å². The predicted molar refractivity (Wildman–Crippen MR) is 107 cm³/mol. The Labute approximate surface area is 158 Å². The Morgan fingerprint density at radius 2 is 1.74 bits per heavy atom. The second kappa shape index (κ2) is 7.76. The highest BCUT2D eigenvalue weighted by Gasteiger charge is 2.22. The molecule has 27 heavy (non-hydrogen) atoms. The third-order valence-corrected chi connectivity index (χ3v) is 4.99. The fourth-order valence-corrected chi connectivity index (χ4v) is 3.65. The zero-order valence-electron chi connectivity index (χ0n) is 15.2. The van der Waals surface area contributed by atoms with E-state index in [1.54, 1.807) is 0 Å². The van der Waals surface area contributed by atoms with Gasteiger partial charge in [-0.25, -0.2) is 4.98 Å². The lowest BCUT2D eigenvalue weighted by Crippen LogP contribution is -2.26. The first-order valence-corrected chi connectivity index (χ1v) is 9.37. The Morgan fingerprint density at radius 3 is 2.48 bits per heavy atom. The first-order valence-electron chi connectivity index (χ1n) is 9.37. The number of para-hydroxylation sites is 1. The highest BCUT2D eigenvalue weighted by molar-refractivity contribution is 6.09. The number of primary amides is 1. The van der Waals surface area contributed by atoms with E-state index in [1.807, 2.05) is 54.6 Å². The summed E-state index contributed by atoms with van der Waals surface area (Å²) in [6.07, 6.45) is 2.47. The zero-order valence-corrected chi connectivity index (χ0v) is 15.2. The molecule has 3 aromatic rings. The van der Waals surface area contributed by atoms with E-state index in [0.717, 1.165) is 36.1 Å². The van der Waals surface area contributed by atoms with Crippen molar-refractivity contribution in [1.82, 2.24) is 9.88 Å². The number of aromatic nitrogens is 1. The Kier molecular flexibility index (Phi) is 5.03. The van der Waals surface area contributed by atoms with Gasteiger partial charge in [-0.1, -0.05) is 48.5 Å². The Hall–Kier alpha value is -2.92. The largest absolute Gasteiger partial charge is 0.489 e. The molecule has 2 aromatic carbocycles. The quantitative estimate of drug-likeness (QED) is 0.730. The van der Waals surface area contributed by atoms with Crippen molar-refractivity contribution in [2.45, 2.75) is 12.8 Å². The number of likely N-dealkylation sites (tertiary alicyclic amines) is 1. The Morgan fingerprint density at radius 1 is 1.04 bits per heavy atom. The number of fused-ring (bicyclic) bond motifs is 1. The van der Waals surface area contributed by atoms with Crippen molar-refractivity contribution in [2.75, 3.05) is 26.2 Å². The lowest BCUT2D eigenvalue weighted by Gasteiger charge is -2.19. The van der Waals surface area contributed by atoms with E-state index in [0.29, 0.717) is 23.6 Å². The second-order valence-corrected chi connectivity index (χ2v) is 6.81. The summed E-state index contributed by atoms with van der Waals surface area (Å²) in [4.78, 5) is 19.5. The molecule has 1 saturated heterocycles. The van der Waals surface area contributed by atoms with Crippen LogP contribution in [0.5, 0.6) is 5.75 Å². The van der Waals surface area contributed by atoms with Crippen LogP contribution in [0.4, 0.5) is 0 Å². The fraction of sp³-hybridized carbons (Fsp3) is 0.273. The molecule has 0 atom stereocenters. The number of carbonyl (C=O) groups is 1. The van der Waals surface area contributed by atoms with E-state index in [2.05, 4.69) is 4.90 Å². The van der Waals surface area contributed by atoms with Gasteiger partial charge < -0.3 is 10.5 Å². The summed E-state index contributed by atoms with van der Waals surface area (Å²) in [5.41, 5.74) is 8.46. The van der Waals surface area contributed by atoms with E-state index in [9.17, 15) is 4.79 Å². The average molecular weight is 361 g/mol. The maximum atomic E-state index is 12.3. The summed E-state index contributed by atoms with van der Waals surface area (Å²) in [5.74, 6) is -0.0199. The first kappa shape index (κ1) is 17.5. The van der Waals surface area contributed by atoms with Crippen LogP contribution in [-0.2, 0) is 0 Å². The van der Waals surface area contributed by atoms with Crippen LogP contribution in [0.1, 0.15) is 23.2 Å². The van der Waals surface area contributed by atoms with Gasteiger partial charge in [-0.15, -0.1) is 0 Å². The summed E-state index contributed by atoms with van der Waals surface area (Å²) in [5, 5.41) is 0.723. The Bertz CT molecular complexity index is 950. The van der Waals surface area contributed by atoms with Crippen LogP contribution in [-0.4, -0.2) is 42.0 Å². The molecule has 0 saturated carbocycles. The number of hydrogen-bond donors (Lipinski definition) is 1. The van der Waals surface area contributed by atoms with Crippen molar-refractivity contribution in [3.05, 3.63) is 60.2 Å². The minimum Gasteiger partial charge on any atom is -0.489 e. The minimum absolute atomic E-state index is 0.404. The van der Waals surface area contributed by atoms with Gasteiger partial charge in [0, 0.05) is 17.5 Å². The number of hydrogen-bond acceptors (Lipinski definition) is 4. The fourth-order valence-electron chi connectivity index (χ4n) is 3.65. The second-order valence-electron chi connectivity index (χ2n) is 6.81. The third-order valence-electron chi connectivity index (χ3n) is 4.99. The van der Waals surface area contributed by atoms with Gasteiger partial charge in [0.1, 0.15) is 12.3 Å². The molecule has 4 rings (SSSR count). The van der Waals surface area contributed by atoms with E-state index >= 15 is 0 Å². The molecule has 1 aliphatic heterocycles. The summed E-state index contributed by atoms with van der Waals surface area (Å²) < 4.78 is 6.15. The number of nitrogens with zero attached hydrogens (tertiary/aromatic N) is 2. The van der Waals surface area contributed by atoms with Crippen molar-refractivity contribution in [3.63, 3.8) is 0 Å². The van der Waals surface area contributed by atoms with Crippen LogP contribution < -0.4 is 10.5 Å². The smallest absolute Gasteiger partial charge is 0.253 e. The molecule has 1 amide bonds. The standard InChI is InChI=1S/C22H23N3O2/c23-22(26)19-17-10-4-5-11-18(17)24-20(16-8-2-1-3-9-16)21(19)27-15-14-25-12-6-7-13-25/h1-5,8-11H,6-7,12-15H2,(H2,23,26). The molecular weight excluding hydrogens is 338 g/mol. The van der Waals surface area contributed by atoms with Crippen molar-refractivity contribution in [3.8, 4) is 17.0 Å². The summed E-state index contributed by atoms with van der Waals surface area (Å²) in [7, 11) is 0. The zero-order chi connectivity index (χ0) is 18.6. The number of ether oxygens (including phenoxy) is 1. The van der Waals surface area contributed by atoms with Crippen LogP contribution in [0.15, 0.2) is 54.6 Å². The first-order chi connectivity index (χ1) is 13.2. The van der Waals surface area contributed by atoms with Crippen molar-refractivity contribution in [2.24, 2.45) is 5.73 Å². The van der Waals surface area contributed by atoms with Gasteiger partial charge >= 0.3 is 0 Å². The van der Waals surface area contributed by atoms with E-state index in [-0.39, 0.29) is 0 Å². The molecule has 0 aliphatic carbocycles. The van der Waals surface area contributed by atoms with Crippen LogP contribution in [0, 0.1) is 0 Å². The molecular formula is C22H23N3O2. The van der Waals surface area contributed by atoms with Crippen LogP contribution in [0.2, 0.25) is 0 Å². The molecule has 2 heterocycles. The van der Waals surface area contributed by atoms with Gasteiger partial charge in [-0.05, 0) is 32.0 Å². The van der Waals surface area contributed by atoms with Crippen molar-refractivity contribution in [1.29, 1.82) is 0 Å². The topological polar surface area (TPSA) is 68.5 Å². The SMILES string of the molecule is NC(=O)c1c(OCCN2CCCC2)c(-c2ccccc2)nc2ccccc12. The normalized spacial score (nSPS) is 14.5. The maximum absolute atomic E-state index is 12.3. The van der Waals surface area contributed by atoms with E-state index in [1.165, 1.54) is 12.8 Å². The molecule has 5 nitrogen and oxygen atoms in total. The van der Waals surface area contributed by atoms with Crippen LogP contribution >= 0.6 is 0 Å². The molecule has 0 radical (unpaired) electrons. The van der Waals surface area contributed by atoms with Crippen LogP contribution in [0.3, 0.4) is 0 Å². The molecule has 2 N–H and O–H groups in total. The number of nitrogens with two attached hydrogens (primary N) is 1. The van der Waals surface area contributed by atoms with Crippen LogP contribution in [0.25, 0.3) is 22.2 Å². The molecule has 1 aliphatic rings. The van der Waals surface area contributed by atoms with E-state index in [4.69, 9.17) is 15.5 Å². The molecule has 138 valence electrons. The number of benzene rings is 2. The van der Waals surface area contributed by atoms with Gasteiger partial charge in [0.2, 0.25) is 0 Å². The molecule has 1 aromatic heterocycles.